The van der Waals surface area contributed by atoms with E-state index in [2.05, 4.69) is 149 Å². The van der Waals surface area contributed by atoms with Crippen molar-refractivity contribution in [2.45, 2.75) is 0 Å². The highest BCUT2D eigenvalue weighted by Gasteiger charge is 2.19. The largest absolute Gasteiger partial charge is 0.309 e. The van der Waals surface area contributed by atoms with Crippen LogP contribution in [-0.2, 0) is 0 Å². The minimum absolute atomic E-state index is 0.776. The summed E-state index contributed by atoms with van der Waals surface area (Å²) in [4.78, 5) is 5.04. The van der Waals surface area contributed by atoms with Crippen LogP contribution in [0.5, 0.6) is 0 Å². The van der Waals surface area contributed by atoms with Crippen LogP contribution in [0.1, 0.15) is 11.1 Å². The van der Waals surface area contributed by atoms with E-state index in [-0.39, 0.29) is 0 Å². The average Bonchev–Trinajstić information content (AvgIpc) is 3.72. The molecule has 4 nitrogen and oxygen atoms in total. The molecule has 2 aromatic heterocycles. The van der Waals surface area contributed by atoms with Crippen molar-refractivity contribution in [3.63, 3.8) is 0 Å². The van der Waals surface area contributed by atoms with Crippen LogP contribution in [0.4, 0.5) is 5.69 Å². The lowest BCUT2D eigenvalue weighted by Crippen LogP contribution is -2.00. The molecule has 2 heterocycles. The maximum Gasteiger partial charge on any atom is 0.0816 e. The summed E-state index contributed by atoms with van der Waals surface area (Å²) in [6, 6.07) is 62.1. The first kappa shape index (κ1) is 29.8. The van der Waals surface area contributed by atoms with Crippen LogP contribution in [0, 0.1) is 5.41 Å². The van der Waals surface area contributed by atoms with E-state index in [0.717, 1.165) is 55.6 Å². The van der Waals surface area contributed by atoms with Gasteiger partial charge in [-0.15, -0.1) is 0 Å². The Bertz CT molecular complexity index is 3020. The van der Waals surface area contributed by atoms with Crippen LogP contribution in [-0.4, -0.2) is 21.6 Å². The molecular weight excluding hydrogens is 633 g/mol. The number of benzene rings is 8. The molecule has 10 aromatic rings. The second-order valence-corrected chi connectivity index (χ2v) is 13.2. The summed E-state index contributed by atoms with van der Waals surface area (Å²) in [5, 5.41) is 15.6. The molecule has 0 aliphatic rings. The Balaban J connectivity index is 1.18. The van der Waals surface area contributed by atoms with Gasteiger partial charge in [-0.2, -0.15) is 0 Å². The Hall–Kier alpha value is -7.04. The van der Waals surface area contributed by atoms with Gasteiger partial charge in [0.2, 0.25) is 0 Å². The van der Waals surface area contributed by atoms with Crippen LogP contribution in [0.2, 0.25) is 0 Å². The normalized spacial score (nSPS) is 11.8. The quantitative estimate of drug-likeness (QED) is 0.172. The number of aliphatic imine (C=N–C) groups is 1. The lowest BCUT2D eigenvalue weighted by atomic mass is 10.0. The van der Waals surface area contributed by atoms with E-state index in [0.29, 0.717) is 0 Å². The highest BCUT2D eigenvalue weighted by atomic mass is 15.0. The van der Waals surface area contributed by atoms with E-state index < -0.39 is 0 Å². The number of nitrogens with one attached hydrogen (secondary N) is 1. The molecule has 0 aliphatic heterocycles. The predicted molar refractivity (Wildman–Crippen MR) is 220 cm³/mol. The third-order valence-corrected chi connectivity index (χ3v) is 10.3. The highest BCUT2D eigenvalue weighted by molar-refractivity contribution is 6.14. The van der Waals surface area contributed by atoms with Gasteiger partial charge < -0.3 is 14.5 Å². The van der Waals surface area contributed by atoms with Crippen molar-refractivity contribution < 1.29 is 0 Å². The van der Waals surface area contributed by atoms with Gasteiger partial charge in [0, 0.05) is 50.6 Å². The SMILES string of the molecule is N=Cc1c(-n2c3ccccc3c3cc(-c4ccc5c(c4)c4ccccc4n5-c4ccccc4)ccc32)cc2ccccc2c1/N=C/c1ccccc1. The Morgan fingerprint density at radius 1 is 0.442 bits per heavy atom. The second-order valence-electron chi connectivity index (χ2n) is 13.2. The number of rotatable bonds is 6. The van der Waals surface area contributed by atoms with Crippen molar-refractivity contribution in [1.29, 1.82) is 5.41 Å². The van der Waals surface area contributed by atoms with Crippen LogP contribution in [0.3, 0.4) is 0 Å². The monoisotopic (exact) mass is 664 g/mol. The molecule has 0 amide bonds. The smallest absolute Gasteiger partial charge is 0.0816 e. The maximum absolute atomic E-state index is 8.71. The number of aromatic nitrogens is 2. The Morgan fingerprint density at radius 3 is 1.62 bits per heavy atom. The van der Waals surface area contributed by atoms with E-state index in [1.165, 1.54) is 44.4 Å². The fraction of sp³-hybridized carbons (Fsp3) is 0. The van der Waals surface area contributed by atoms with E-state index in [9.17, 15) is 0 Å². The molecule has 0 atom stereocenters. The number of hydrogen-bond acceptors (Lipinski definition) is 2. The van der Waals surface area contributed by atoms with Crippen LogP contribution >= 0.6 is 0 Å². The van der Waals surface area contributed by atoms with Crippen LogP contribution < -0.4 is 0 Å². The molecule has 0 saturated carbocycles. The standard InChI is InChI=1S/C48H32N4/c49-30-42-47(29-35-15-7-8-18-37(35)48(42)50-31-32-13-3-1-4-14-32)52-44-22-12-10-20-39(44)41-28-34(24-26-46(41)52)33-23-25-45-40(27-33)38-19-9-11-21-43(38)51(45)36-16-5-2-6-17-36/h1-31,49H/b49-30?,50-31+. The van der Waals surface area contributed by atoms with Gasteiger partial charge in [0.05, 0.1) is 33.4 Å². The van der Waals surface area contributed by atoms with E-state index in [1.807, 2.05) is 42.6 Å². The highest BCUT2D eigenvalue weighted by Crippen LogP contribution is 2.41. The molecule has 0 bridgehead atoms. The summed E-state index contributed by atoms with van der Waals surface area (Å²) in [5.41, 5.74) is 11.6. The van der Waals surface area contributed by atoms with Crippen molar-refractivity contribution in [3.05, 3.63) is 187 Å². The minimum Gasteiger partial charge on any atom is -0.309 e. The van der Waals surface area contributed by atoms with E-state index in [4.69, 9.17) is 10.4 Å². The fourth-order valence-corrected chi connectivity index (χ4v) is 7.89. The van der Waals surface area contributed by atoms with Gasteiger partial charge in [-0.25, -0.2) is 0 Å². The van der Waals surface area contributed by atoms with Crippen molar-refractivity contribution in [2.24, 2.45) is 4.99 Å². The van der Waals surface area contributed by atoms with Crippen LogP contribution in [0.25, 0.3) is 76.9 Å². The molecule has 0 aliphatic carbocycles. The predicted octanol–water partition coefficient (Wildman–Crippen LogP) is 12.4. The third kappa shape index (κ3) is 4.69. The zero-order valence-corrected chi connectivity index (χ0v) is 28.2. The van der Waals surface area contributed by atoms with Crippen molar-refractivity contribution in [3.8, 4) is 22.5 Å². The first-order valence-corrected chi connectivity index (χ1v) is 17.5. The number of nitrogens with zero attached hydrogens (tertiary/aromatic N) is 3. The van der Waals surface area contributed by atoms with Gasteiger partial charge in [-0.05, 0) is 76.7 Å². The van der Waals surface area contributed by atoms with Crippen molar-refractivity contribution in [2.75, 3.05) is 0 Å². The zero-order valence-electron chi connectivity index (χ0n) is 28.2. The van der Waals surface area contributed by atoms with Crippen LogP contribution in [0.15, 0.2) is 181 Å². The molecule has 1 N–H and O–H groups in total. The van der Waals surface area contributed by atoms with Gasteiger partial charge in [-0.1, -0.05) is 121 Å². The molecule has 8 aromatic carbocycles. The van der Waals surface area contributed by atoms with E-state index >= 15 is 0 Å². The fourth-order valence-electron chi connectivity index (χ4n) is 7.89. The van der Waals surface area contributed by atoms with Gasteiger partial charge in [-0.3, -0.25) is 4.99 Å². The first-order chi connectivity index (χ1) is 25.8. The Kier molecular flexibility index (Phi) is 6.93. The van der Waals surface area contributed by atoms with Gasteiger partial charge in [0.1, 0.15) is 0 Å². The molecule has 0 saturated heterocycles. The van der Waals surface area contributed by atoms with E-state index in [1.54, 1.807) is 0 Å². The number of hydrogen-bond donors (Lipinski definition) is 1. The molecule has 0 unspecified atom stereocenters. The minimum atomic E-state index is 0.776. The summed E-state index contributed by atoms with van der Waals surface area (Å²) in [6.45, 7) is 0. The number of fused-ring (bicyclic) bond motifs is 7. The summed E-state index contributed by atoms with van der Waals surface area (Å²) in [7, 11) is 0. The topological polar surface area (TPSA) is 46.1 Å². The molecule has 52 heavy (non-hydrogen) atoms. The molecular formula is C48H32N4. The molecule has 10 rings (SSSR count). The molecule has 244 valence electrons. The second kappa shape index (κ2) is 12.1. The number of para-hydroxylation sites is 3. The molecule has 4 heteroatoms. The van der Waals surface area contributed by atoms with Gasteiger partial charge in [0.15, 0.2) is 0 Å². The Morgan fingerprint density at radius 2 is 0.962 bits per heavy atom. The van der Waals surface area contributed by atoms with Crippen molar-refractivity contribution in [1.82, 2.24) is 9.13 Å². The summed E-state index contributed by atoms with van der Waals surface area (Å²) in [5.74, 6) is 0. The zero-order chi connectivity index (χ0) is 34.6. The molecule has 0 spiro atoms. The summed E-state index contributed by atoms with van der Waals surface area (Å²) in [6.07, 6.45) is 3.35. The first-order valence-electron chi connectivity index (χ1n) is 17.5. The molecule has 0 fully saturated rings. The lowest BCUT2D eigenvalue weighted by Gasteiger charge is -2.16. The Labute approximate surface area is 300 Å². The van der Waals surface area contributed by atoms with Crippen molar-refractivity contribution >= 4 is 72.5 Å². The summed E-state index contributed by atoms with van der Waals surface area (Å²) >= 11 is 0. The third-order valence-electron chi connectivity index (χ3n) is 10.3. The molecule has 0 radical (unpaired) electrons. The summed E-state index contributed by atoms with van der Waals surface area (Å²) < 4.78 is 4.66. The maximum atomic E-state index is 8.71. The lowest BCUT2D eigenvalue weighted by molar-refractivity contribution is 1.18. The van der Waals surface area contributed by atoms with Gasteiger partial charge >= 0.3 is 0 Å². The average molecular weight is 665 g/mol. The van der Waals surface area contributed by atoms with Gasteiger partial charge in [0.25, 0.3) is 0 Å².